The predicted molar refractivity (Wildman–Crippen MR) is 92.5 cm³/mol. The number of ether oxygens (including phenoxy) is 2. The van der Waals surface area contributed by atoms with Crippen molar-refractivity contribution < 1.29 is 9.47 Å². The molecule has 0 N–H and O–H groups in total. The highest BCUT2D eigenvalue weighted by molar-refractivity contribution is 5.74. The molecule has 0 aliphatic heterocycles. The highest BCUT2D eigenvalue weighted by Gasteiger charge is 2.22. The maximum Gasteiger partial charge on any atom is 0.137 e. The van der Waals surface area contributed by atoms with Crippen LogP contribution in [0.15, 0.2) is 36.5 Å². The van der Waals surface area contributed by atoms with Crippen molar-refractivity contribution in [3.8, 4) is 28.8 Å². The van der Waals surface area contributed by atoms with Gasteiger partial charge in [-0.3, -0.25) is 0 Å². The summed E-state index contributed by atoms with van der Waals surface area (Å²) in [4.78, 5) is 4.77. The molecular weight excluding hydrogens is 302 g/mol. The third-order valence-electron chi connectivity index (χ3n) is 4.08. The Bertz CT molecular complexity index is 938. The van der Waals surface area contributed by atoms with Gasteiger partial charge < -0.3 is 13.9 Å². The predicted octanol–water partition coefficient (Wildman–Crippen LogP) is 3.95. The fraction of sp³-hybridized carbons (Fsp3) is 0.263. The fourth-order valence-electron chi connectivity index (χ4n) is 2.84. The molecular formula is C19H19N3O2. The monoisotopic (exact) mass is 321 g/mol. The zero-order chi connectivity index (χ0) is 17.3. The molecule has 122 valence electrons. The van der Waals surface area contributed by atoms with Gasteiger partial charge in [0.2, 0.25) is 0 Å². The van der Waals surface area contributed by atoms with Gasteiger partial charge in [-0.05, 0) is 49.7 Å². The van der Waals surface area contributed by atoms with Gasteiger partial charge in [-0.25, -0.2) is 4.98 Å². The smallest absolute Gasteiger partial charge is 0.137 e. The van der Waals surface area contributed by atoms with E-state index >= 15 is 0 Å². The maximum atomic E-state index is 9.47. The molecule has 0 aliphatic rings. The summed E-state index contributed by atoms with van der Waals surface area (Å²) in [5.41, 5.74) is 4.33. The van der Waals surface area contributed by atoms with Gasteiger partial charge in [-0.15, -0.1) is 0 Å². The van der Waals surface area contributed by atoms with Gasteiger partial charge in [0, 0.05) is 11.8 Å². The largest absolute Gasteiger partial charge is 0.497 e. The van der Waals surface area contributed by atoms with Gasteiger partial charge in [0.15, 0.2) is 0 Å². The van der Waals surface area contributed by atoms with Crippen LogP contribution >= 0.6 is 0 Å². The van der Waals surface area contributed by atoms with Gasteiger partial charge in [-0.1, -0.05) is 0 Å². The second-order valence-electron chi connectivity index (χ2n) is 5.69. The molecule has 0 bridgehead atoms. The Hall–Kier alpha value is -3.00. The SMILES string of the molecule is COc1ccc(OC)c(-c2nc3cc(C)ccn3c2C(C)C#N)c1. The molecule has 5 nitrogen and oxygen atoms in total. The molecule has 0 radical (unpaired) electrons. The summed E-state index contributed by atoms with van der Waals surface area (Å²) in [7, 11) is 3.25. The van der Waals surface area contributed by atoms with Crippen LogP contribution in [0.1, 0.15) is 24.1 Å². The number of aryl methyl sites for hydroxylation is 1. The Labute approximate surface area is 141 Å². The summed E-state index contributed by atoms with van der Waals surface area (Å²) in [6.45, 7) is 3.90. The summed E-state index contributed by atoms with van der Waals surface area (Å²) >= 11 is 0. The lowest BCUT2D eigenvalue weighted by molar-refractivity contribution is 0.404. The van der Waals surface area contributed by atoms with Crippen LogP contribution in [0.4, 0.5) is 0 Å². The molecule has 3 aromatic rings. The molecule has 0 saturated carbocycles. The lowest BCUT2D eigenvalue weighted by atomic mass is 10.0. The van der Waals surface area contributed by atoms with Crippen LogP contribution in [-0.4, -0.2) is 23.6 Å². The van der Waals surface area contributed by atoms with Crippen LogP contribution in [0.2, 0.25) is 0 Å². The van der Waals surface area contributed by atoms with E-state index in [0.29, 0.717) is 5.75 Å². The van der Waals surface area contributed by atoms with E-state index in [2.05, 4.69) is 6.07 Å². The third kappa shape index (κ3) is 2.56. The van der Waals surface area contributed by atoms with Crippen LogP contribution < -0.4 is 9.47 Å². The first kappa shape index (κ1) is 15.9. The number of methoxy groups -OCH3 is 2. The van der Waals surface area contributed by atoms with Crippen molar-refractivity contribution in [1.82, 2.24) is 9.38 Å². The number of imidazole rings is 1. The lowest BCUT2D eigenvalue weighted by Crippen LogP contribution is -1.99. The van der Waals surface area contributed by atoms with E-state index in [0.717, 1.165) is 33.9 Å². The van der Waals surface area contributed by atoms with Crippen molar-refractivity contribution in [2.24, 2.45) is 0 Å². The highest BCUT2D eigenvalue weighted by atomic mass is 16.5. The Balaban J connectivity index is 2.35. The van der Waals surface area contributed by atoms with E-state index < -0.39 is 0 Å². The van der Waals surface area contributed by atoms with Crippen molar-refractivity contribution in [2.75, 3.05) is 14.2 Å². The molecule has 3 rings (SSSR count). The molecule has 0 saturated heterocycles. The van der Waals surface area contributed by atoms with Gasteiger partial charge in [0.25, 0.3) is 0 Å². The van der Waals surface area contributed by atoms with E-state index in [1.807, 2.05) is 54.8 Å². The van der Waals surface area contributed by atoms with Gasteiger partial charge >= 0.3 is 0 Å². The lowest BCUT2D eigenvalue weighted by Gasteiger charge is -2.11. The third-order valence-corrected chi connectivity index (χ3v) is 4.08. The minimum absolute atomic E-state index is 0.311. The Kier molecular flexibility index (Phi) is 4.13. The first-order valence-corrected chi connectivity index (χ1v) is 7.69. The Morgan fingerprint density at radius 2 is 1.96 bits per heavy atom. The highest BCUT2D eigenvalue weighted by Crippen LogP contribution is 2.37. The summed E-state index contributed by atoms with van der Waals surface area (Å²) in [6.07, 6.45) is 1.96. The second-order valence-corrected chi connectivity index (χ2v) is 5.69. The maximum absolute atomic E-state index is 9.47. The van der Waals surface area contributed by atoms with Gasteiger partial charge in [-0.2, -0.15) is 5.26 Å². The number of fused-ring (bicyclic) bond motifs is 1. The molecule has 1 unspecified atom stereocenters. The van der Waals surface area contributed by atoms with Crippen molar-refractivity contribution in [2.45, 2.75) is 19.8 Å². The molecule has 0 fully saturated rings. The number of nitrogens with zero attached hydrogens (tertiary/aromatic N) is 3. The average Bonchev–Trinajstić information content (AvgIpc) is 2.98. The minimum Gasteiger partial charge on any atom is -0.497 e. The van der Waals surface area contributed by atoms with E-state index in [1.165, 1.54) is 0 Å². The Morgan fingerprint density at radius 3 is 2.62 bits per heavy atom. The molecule has 2 aromatic heterocycles. The van der Waals surface area contributed by atoms with Crippen molar-refractivity contribution >= 4 is 5.65 Å². The number of hydrogen-bond donors (Lipinski definition) is 0. The molecule has 1 atom stereocenters. The summed E-state index contributed by atoms with van der Waals surface area (Å²) in [5.74, 6) is 1.10. The normalized spacial score (nSPS) is 12.0. The minimum atomic E-state index is -0.311. The van der Waals surface area contributed by atoms with Crippen LogP contribution in [0.5, 0.6) is 11.5 Å². The van der Waals surface area contributed by atoms with E-state index in [-0.39, 0.29) is 5.92 Å². The number of nitriles is 1. The van der Waals surface area contributed by atoms with Crippen molar-refractivity contribution in [3.63, 3.8) is 0 Å². The molecule has 0 aliphatic carbocycles. The van der Waals surface area contributed by atoms with Gasteiger partial charge in [0.05, 0.1) is 37.6 Å². The topological polar surface area (TPSA) is 59.6 Å². The fourth-order valence-corrected chi connectivity index (χ4v) is 2.84. The molecule has 1 aromatic carbocycles. The van der Waals surface area contributed by atoms with Gasteiger partial charge in [0.1, 0.15) is 17.1 Å². The number of benzene rings is 1. The van der Waals surface area contributed by atoms with Crippen LogP contribution in [0.3, 0.4) is 0 Å². The Morgan fingerprint density at radius 1 is 1.17 bits per heavy atom. The number of pyridine rings is 1. The van der Waals surface area contributed by atoms with Crippen LogP contribution in [0, 0.1) is 18.3 Å². The first-order valence-electron chi connectivity index (χ1n) is 7.69. The van der Waals surface area contributed by atoms with E-state index in [9.17, 15) is 5.26 Å². The first-order chi connectivity index (χ1) is 11.6. The number of aromatic nitrogens is 2. The zero-order valence-electron chi connectivity index (χ0n) is 14.2. The molecule has 0 amide bonds. The quantitative estimate of drug-likeness (QED) is 0.730. The summed E-state index contributed by atoms with van der Waals surface area (Å²) in [6, 6.07) is 11.9. The summed E-state index contributed by atoms with van der Waals surface area (Å²) < 4.78 is 12.8. The van der Waals surface area contributed by atoms with Crippen molar-refractivity contribution in [3.05, 3.63) is 47.8 Å². The number of rotatable bonds is 4. The number of hydrogen-bond acceptors (Lipinski definition) is 4. The molecule has 2 heterocycles. The zero-order valence-corrected chi connectivity index (χ0v) is 14.2. The standard InChI is InChI=1S/C19H19N3O2/c1-12-7-8-22-17(9-12)21-18(19(22)13(2)11-20)15-10-14(23-3)5-6-16(15)24-4/h5-10,13H,1-4H3. The molecule has 24 heavy (non-hydrogen) atoms. The van der Waals surface area contributed by atoms with Crippen molar-refractivity contribution in [1.29, 1.82) is 5.26 Å². The average molecular weight is 321 g/mol. The van der Waals surface area contributed by atoms with Crippen LogP contribution in [0.25, 0.3) is 16.9 Å². The summed E-state index contributed by atoms with van der Waals surface area (Å²) in [5, 5.41) is 9.47. The molecule has 5 heteroatoms. The van der Waals surface area contributed by atoms with E-state index in [4.69, 9.17) is 14.5 Å². The second kappa shape index (κ2) is 6.25. The molecule has 0 spiro atoms. The van der Waals surface area contributed by atoms with E-state index in [1.54, 1.807) is 14.2 Å². The van der Waals surface area contributed by atoms with Crippen LogP contribution in [-0.2, 0) is 0 Å².